The molecule has 0 aromatic heterocycles. The summed E-state index contributed by atoms with van der Waals surface area (Å²) < 4.78 is 43.0. The normalized spacial score (nSPS) is 15.0. The van der Waals surface area contributed by atoms with Crippen molar-refractivity contribution in [3.63, 3.8) is 0 Å². The van der Waals surface area contributed by atoms with Crippen molar-refractivity contribution in [1.29, 1.82) is 0 Å². The van der Waals surface area contributed by atoms with Crippen LogP contribution in [0.3, 0.4) is 0 Å². The summed E-state index contributed by atoms with van der Waals surface area (Å²) in [5, 5.41) is -0.0363. The number of hydrogen-bond acceptors (Lipinski definition) is 6. The molecule has 10 heteroatoms. The Balaban J connectivity index is 1.63. The highest BCUT2D eigenvalue weighted by molar-refractivity contribution is 7.89. The van der Waals surface area contributed by atoms with Crippen LogP contribution in [-0.4, -0.2) is 58.2 Å². The Hall–Kier alpha value is -1.84. The number of nitrogens with zero attached hydrogens (tertiary/aromatic N) is 1. The van der Waals surface area contributed by atoms with E-state index in [1.165, 1.54) is 10.4 Å². The lowest BCUT2D eigenvalue weighted by Crippen LogP contribution is -2.40. The SMILES string of the molecule is O=C(OCCCOc1ccccc1)c1cc(S(=O)(=O)N2CCOCC2)c(Cl)cc1Cl. The number of hydrogen-bond donors (Lipinski definition) is 0. The Labute approximate surface area is 185 Å². The zero-order chi connectivity index (χ0) is 21.6. The van der Waals surface area contributed by atoms with Gasteiger partial charge in [-0.25, -0.2) is 13.2 Å². The molecular weight excluding hydrogens is 453 g/mol. The van der Waals surface area contributed by atoms with Crippen LogP contribution in [0.2, 0.25) is 10.0 Å². The first-order valence-electron chi connectivity index (χ1n) is 9.31. The molecule has 0 spiro atoms. The van der Waals surface area contributed by atoms with Gasteiger partial charge in [0.2, 0.25) is 10.0 Å². The van der Waals surface area contributed by atoms with Crippen LogP contribution in [0, 0.1) is 0 Å². The molecule has 3 rings (SSSR count). The average molecular weight is 474 g/mol. The summed E-state index contributed by atoms with van der Waals surface area (Å²) >= 11 is 12.2. The van der Waals surface area contributed by atoms with Gasteiger partial charge in [-0.15, -0.1) is 0 Å². The van der Waals surface area contributed by atoms with Crippen molar-refractivity contribution in [2.45, 2.75) is 11.3 Å². The highest BCUT2D eigenvalue weighted by atomic mass is 35.5. The van der Waals surface area contributed by atoms with Crippen LogP contribution in [0.1, 0.15) is 16.8 Å². The predicted octanol–water partition coefficient (Wildman–Crippen LogP) is 3.64. The molecule has 0 atom stereocenters. The van der Waals surface area contributed by atoms with E-state index in [0.29, 0.717) is 26.2 Å². The first-order valence-corrected chi connectivity index (χ1v) is 11.5. The van der Waals surface area contributed by atoms with E-state index < -0.39 is 16.0 Å². The number of sulfonamides is 1. The number of halogens is 2. The van der Waals surface area contributed by atoms with Gasteiger partial charge in [0.05, 0.1) is 42.0 Å². The average Bonchev–Trinajstić information content (AvgIpc) is 2.74. The number of morpholine rings is 1. The fourth-order valence-corrected chi connectivity index (χ4v) is 5.05. The summed E-state index contributed by atoms with van der Waals surface area (Å²) in [4.78, 5) is 12.3. The molecule has 0 bridgehead atoms. The number of rotatable bonds is 8. The molecule has 162 valence electrons. The highest BCUT2D eigenvalue weighted by Crippen LogP contribution is 2.31. The number of carbonyl (C=O) groups excluding carboxylic acids is 1. The topological polar surface area (TPSA) is 82.1 Å². The van der Waals surface area contributed by atoms with Crippen LogP contribution < -0.4 is 4.74 Å². The molecule has 0 amide bonds. The molecule has 0 N–H and O–H groups in total. The Bertz CT molecular complexity index is 978. The minimum atomic E-state index is -3.89. The maximum Gasteiger partial charge on any atom is 0.339 e. The highest BCUT2D eigenvalue weighted by Gasteiger charge is 2.30. The maximum absolute atomic E-state index is 12.9. The van der Waals surface area contributed by atoms with Gasteiger partial charge < -0.3 is 14.2 Å². The standard InChI is InChI=1S/C20H21Cl2NO6S/c21-17-14-18(22)19(30(25,26)23-7-11-27-12-8-23)13-16(17)20(24)29-10-4-9-28-15-5-2-1-3-6-15/h1-3,5-6,13-14H,4,7-12H2. The molecule has 0 radical (unpaired) electrons. The van der Waals surface area contributed by atoms with Gasteiger partial charge in [-0.1, -0.05) is 41.4 Å². The van der Waals surface area contributed by atoms with Crippen LogP contribution in [-0.2, 0) is 19.5 Å². The van der Waals surface area contributed by atoms with E-state index in [9.17, 15) is 13.2 Å². The second-order valence-electron chi connectivity index (χ2n) is 6.43. The summed E-state index contributed by atoms with van der Waals surface area (Å²) in [6.07, 6.45) is 0.463. The molecule has 7 nitrogen and oxygen atoms in total. The van der Waals surface area contributed by atoms with Gasteiger partial charge in [-0.05, 0) is 24.3 Å². The summed E-state index contributed by atoms with van der Waals surface area (Å²) in [6, 6.07) is 11.7. The van der Waals surface area contributed by atoms with Gasteiger partial charge in [0.25, 0.3) is 0 Å². The Morgan fingerprint density at radius 1 is 1.03 bits per heavy atom. The number of esters is 1. The first-order chi connectivity index (χ1) is 14.4. The Morgan fingerprint density at radius 3 is 2.43 bits per heavy atom. The lowest BCUT2D eigenvalue weighted by Gasteiger charge is -2.26. The third-order valence-electron chi connectivity index (χ3n) is 4.36. The fourth-order valence-electron chi connectivity index (χ4n) is 2.82. The molecule has 2 aromatic rings. The minimum Gasteiger partial charge on any atom is -0.493 e. The van der Waals surface area contributed by atoms with Gasteiger partial charge in [0.1, 0.15) is 10.6 Å². The molecule has 1 aliphatic rings. The van der Waals surface area contributed by atoms with Crippen molar-refractivity contribution in [2.24, 2.45) is 0 Å². The monoisotopic (exact) mass is 473 g/mol. The van der Waals surface area contributed by atoms with E-state index in [0.717, 1.165) is 11.8 Å². The number of ether oxygens (including phenoxy) is 3. The zero-order valence-corrected chi connectivity index (χ0v) is 18.4. The second kappa shape index (κ2) is 10.5. The van der Waals surface area contributed by atoms with Crippen molar-refractivity contribution >= 4 is 39.2 Å². The van der Waals surface area contributed by atoms with E-state index in [-0.39, 0.29) is 40.2 Å². The van der Waals surface area contributed by atoms with Gasteiger partial charge in [-0.2, -0.15) is 4.31 Å². The third-order valence-corrected chi connectivity index (χ3v) is 7.04. The maximum atomic E-state index is 12.9. The zero-order valence-electron chi connectivity index (χ0n) is 16.1. The van der Waals surface area contributed by atoms with Crippen molar-refractivity contribution in [2.75, 3.05) is 39.5 Å². The molecular formula is C20H21Cl2NO6S. The summed E-state index contributed by atoms with van der Waals surface area (Å²) in [5.74, 6) is -0.00246. The molecule has 1 aliphatic heterocycles. The van der Waals surface area contributed by atoms with E-state index in [2.05, 4.69) is 0 Å². The molecule has 1 fully saturated rings. The number of carbonyl (C=O) groups is 1. The smallest absolute Gasteiger partial charge is 0.339 e. The lowest BCUT2D eigenvalue weighted by molar-refractivity contribution is 0.0486. The van der Waals surface area contributed by atoms with Crippen molar-refractivity contribution in [3.8, 4) is 5.75 Å². The quantitative estimate of drug-likeness (QED) is 0.429. The van der Waals surface area contributed by atoms with Crippen LogP contribution in [0.25, 0.3) is 0 Å². The Morgan fingerprint density at radius 2 is 1.73 bits per heavy atom. The summed E-state index contributed by atoms with van der Waals surface area (Å²) in [6.45, 7) is 1.47. The molecule has 0 saturated carbocycles. The molecule has 0 unspecified atom stereocenters. The van der Waals surface area contributed by atoms with Gasteiger partial charge >= 0.3 is 5.97 Å². The van der Waals surface area contributed by atoms with Crippen molar-refractivity contribution < 1.29 is 27.4 Å². The van der Waals surface area contributed by atoms with Crippen molar-refractivity contribution in [3.05, 3.63) is 58.1 Å². The van der Waals surface area contributed by atoms with Crippen LogP contribution in [0.5, 0.6) is 5.75 Å². The third kappa shape index (κ3) is 5.65. The predicted molar refractivity (Wildman–Crippen MR) is 113 cm³/mol. The number of para-hydroxylation sites is 1. The van der Waals surface area contributed by atoms with Gasteiger partial charge in [-0.3, -0.25) is 0 Å². The van der Waals surface area contributed by atoms with Crippen LogP contribution >= 0.6 is 23.2 Å². The van der Waals surface area contributed by atoms with Gasteiger partial charge in [0, 0.05) is 19.5 Å². The van der Waals surface area contributed by atoms with E-state index in [1.807, 2.05) is 30.3 Å². The molecule has 2 aromatic carbocycles. The molecule has 30 heavy (non-hydrogen) atoms. The molecule has 1 saturated heterocycles. The summed E-state index contributed by atoms with van der Waals surface area (Å²) in [5.41, 5.74) is -0.0584. The Kier molecular flexibility index (Phi) is 7.96. The summed E-state index contributed by atoms with van der Waals surface area (Å²) in [7, 11) is -3.89. The number of benzene rings is 2. The van der Waals surface area contributed by atoms with E-state index in [4.69, 9.17) is 37.4 Å². The lowest BCUT2D eigenvalue weighted by atomic mass is 10.2. The fraction of sp³-hybridized carbons (Fsp3) is 0.350. The van der Waals surface area contributed by atoms with E-state index >= 15 is 0 Å². The van der Waals surface area contributed by atoms with Crippen LogP contribution in [0.4, 0.5) is 0 Å². The van der Waals surface area contributed by atoms with E-state index in [1.54, 1.807) is 0 Å². The minimum absolute atomic E-state index is 0.0199. The molecule has 0 aliphatic carbocycles. The van der Waals surface area contributed by atoms with Gasteiger partial charge in [0.15, 0.2) is 0 Å². The second-order valence-corrected chi connectivity index (χ2v) is 9.15. The van der Waals surface area contributed by atoms with Crippen LogP contribution in [0.15, 0.2) is 47.4 Å². The first kappa shape index (κ1) is 22.8. The molecule has 1 heterocycles. The largest absolute Gasteiger partial charge is 0.493 e. The van der Waals surface area contributed by atoms with Crippen molar-refractivity contribution in [1.82, 2.24) is 4.31 Å².